The van der Waals surface area contributed by atoms with E-state index in [1.165, 1.54) is 30.5 Å². The fourth-order valence-electron chi connectivity index (χ4n) is 3.05. The number of nitrogens with zero attached hydrogens (tertiary/aromatic N) is 5. The molecule has 0 saturated carbocycles. The smallest absolute Gasteiger partial charge is 0.388 e. The van der Waals surface area contributed by atoms with E-state index in [1.54, 1.807) is 4.68 Å². The molecule has 148 valence electrons. The molecule has 0 spiro atoms. The van der Waals surface area contributed by atoms with Crippen LogP contribution in [0.3, 0.4) is 0 Å². The van der Waals surface area contributed by atoms with E-state index in [0.29, 0.717) is 16.6 Å². The van der Waals surface area contributed by atoms with Gasteiger partial charge in [-0.05, 0) is 36.4 Å². The zero-order chi connectivity index (χ0) is 20.7. The minimum Gasteiger partial charge on any atom is -0.388 e. The Labute approximate surface area is 167 Å². The zero-order valence-electron chi connectivity index (χ0n) is 15.3. The fraction of sp³-hybridized carbons (Fsp3) is 0.0500. The van der Waals surface area contributed by atoms with E-state index >= 15 is 0 Å². The van der Waals surface area contributed by atoms with Gasteiger partial charge >= 0.3 is 5.76 Å². The van der Waals surface area contributed by atoms with Crippen LogP contribution in [0.1, 0.15) is 5.82 Å². The molecular weight excluding hydrogens is 391 g/mol. The summed E-state index contributed by atoms with van der Waals surface area (Å²) in [5.41, 5.74) is 1.17. The Balaban J connectivity index is 1.54. The summed E-state index contributed by atoms with van der Waals surface area (Å²) in [7, 11) is 0. The number of rotatable bonds is 4. The average Bonchev–Trinajstić information content (AvgIpc) is 3.33. The molecule has 5 rings (SSSR count). The number of hydrogen-bond acceptors (Lipinski definition) is 6. The van der Waals surface area contributed by atoms with E-state index in [4.69, 9.17) is 4.42 Å². The van der Waals surface area contributed by atoms with Crippen LogP contribution in [0.25, 0.3) is 28.2 Å². The third kappa shape index (κ3) is 3.09. The molecule has 0 radical (unpaired) electrons. The van der Waals surface area contributed by atoms with E-state index in [0.717, 1.165) is 10.4 Å². The highest BCUT2D eigenvalue weighted by molar-refractivity contribution is 5.75. The van der Waals surface area contributed by atoms with Crippen LogP contribution in [0.5, 0.6) is 0 Å². The summed E-state index contributed by atoms with van der Waals surface area (Å²) >= 11 is 0. The predicted octanol–water partition coefficient (Wildman–Crippen LogP) is 2.11. The summed E-state index contributed by atoms with van der Waals surface area (Å²) in [6.07, 6.45) is 1.44. The Hall–Kier alpha value is -4.34. The van der Waals surface area contributed by atoms with Crippen molar-refractivity contribution in [1.29, 1.82) is 0 Å². The lowest BCUT2D eigenvalue weighted by molar-refractivity contribution is 0.491. The lowest BCUT2D eigenvalue weighted by Gasteiger charge is -2.04. The monoisotopic (exact) mass is 404 g/mol. The summed E-state index contributed by atoms with van der Waals surface area (Å²) in [5, 5.41) is 8.68. The van der Waals surface area contributed by atoms with Crippen molar-refractivity contribution in [2.75, 3.05) is 0 Å². The molecule has 0 unspecified atom stereocenters. The highest BCUT2D eigenvalue weighted by Gasteiger charge is 2.15. The normalized spacial score (nSPS) is 11.2. The van der Waals surface area contributed by atoms with Gasteiger partial charge in [0.25, 0.3) is 5.56 Å². The standard InChI is InChI=1S/C20H13FN6O3/c21-13-8-6-12(7-9-13)19-25-26(20(29)30-19)11-16-23-17-15(18(28)24-16)10-22-27(17)14-4-2-1-3-5-14/h1-10H,11H2,(H,23,24,28). The van der Waals surface area contributed by atoms with Gasteiger partial charge in [0, 0.05) is 5.56 Å². The second kappa shape index (κ2) is 6.92. The number of fused-ring (bicyclic) bond motifs is 1. The summed E-state index contributed by atoms with van der Waals surface area (Å²) in [6, 6.07) is 14.6. The molecule has 0 aliphatic rings. The van der Waals surface area contributed by atoms with Crippen molar-refractivity contribution in [2.24, 2.45) is 0 Å². The van der Waals surface area contributed by atoms with Gasteiger partial charge in [-0.15, -0.1) is 5.10 Å². The molecular formula is C20H13FN6O3. The fourth-order valence-corrected chi connectivity index (χ4v) is 3.05. The molecule has 0 aliphatic heterocycles. The van der Waals surface area contributed by atoms with Gasteiger partial charge in [-0.1, -0.05) is 18.2 Å². The quantitative estimate of drug-likeness (QED) is 0.491. The SMILES string of the molecule is O=c1[nH]c(Cn2nc(-c3ccc(F)cc3)oc2=O)nc2c1cnn2-c1ccccc1. The molecule has 3 heterocycles. The minimum absolute atomic E-state index is 0.0396. The highest BCUT2D eigenvalue weighted by Crippen LogP contribution is 2.16. The Kier molecular flexibility index (Phi) is 4.09. The van der Waals surface area contributed by atoms with E-state index in [1.807, 2.05) is 30.3 Å². The van der Waals surface area contributed by atoms with Crippen LogP contribution in [0.15, 0.2) is 74.8 Å². The predicted molar refractivity (Wildman–Crippen MR) is 105 cm³/mol. The Bertz CT molecular complexity index is 1460. The maximum absolute atomic E-state index is 13.1. The topological polar surface area (TPSA) is 112 Å². The van der Waals surface area contributed by atoms with Gasteiger partial charge in [-0.3, -0.25) is 4.79 Å². The number of para-hydroxylation sites is 1. The van der Waals surface area contributed by atoms with Gasteiger partial charge in [-0.25, -0.2) is 18.9 Å². The molecule has 5 aromatic rings. The molecule has 0 bridgehead atoms. The van der Waals surface area contributed by atoms with Crippen molar-refractivity contribution in [1.82, 2.24) is 29.5 Å². The summed E-state index contributed by atoms with van der Waals surface area (Å²) in [5.74, 6) is -0.886. The molecule has 0 amide bonds. The maximum Gasteiger partial charge on any atom is 0.437 e. The van der Waals surface area contributed by atoms with Gasteiger partial charge in [-0.2, -0.15) is 9.78 Å². The van der Waals surface area contributed by atoms with Crippen molar-refractivity contribution < 1.29 is 8.81 Å². The number of H-pyrrole nitrogens is 1. The molecule has 0 atom stereocenters. The Morgan fingerprint density at radius 1 is 1.03 bits per heavy atom. The van der Waals surface area contributed by atoms with Crippen LogP contribution < -0.4 is 11.3 Å². The molecule has 3 aromatic heterocycles. The van der Waals surface area contributed by atoms with Gasteiger partial charge < -0.3 is 9.40 Å². The van der Waals surface area contributed by atoms with Crippen LogP contribution in [-0.2, 0) is 6.54 Å². The van der Waals surface area contributed by atoms with E-state index in [-0.39, 0.29) is 23.8 Å². The largest absolute Gasteiger partial charge is 0.437 e. The van der Waals surface area contributed by atoms with Crippen LogP contribution in [-0.4, -0.2) is 29.5 Å². The lowest BCUT2D eigenvalue weighted by atomic mass is 10.2. The second-order valence-electron chi connectivity index (χ2n) is 6.48. The Morgan fingerprint density at radius 3 is 2.57 bits per heavy atom. The van der Waals surface area contributed by atoms with E-state index < -0.39 is 11.6 Å². The van der Waals surface area contributed by atoms with Crippen molar-refractivity contribution in [3.05, 3.63) is 93.3 Å². The number of halogens is 1. The van der Waals surface area contributed by atoms with Crippen molar-refractivity contribution >= 4 is 11.0 Å². The number of aromatic amines is 1. The summed E-state index contributed by atoms with van der Waals surface area (Å²) in [4.78, 5) is 31.7. The first-order valence-corrected chi connectivity index (χ1v) is 8.95. The molecule has 1 N–H and O–H groups in total. The first-order valence-electron chi connectivity index (χ1n) is 8.95. The highest BCUT2D eigenvalue weighted by atomic mass is 19.1. The van der Waals surface area contributed by atoms with Crippen LogP contribution >= 0.6 is 0 Å². The lowest BCUT2D eigenvalue weighted by Crippen LogP contribution is -2.21. The molecule has 10 heteroatoms. The van der Waals surface area contributed by atoms with Gasteiger partial charge in [0.05, 0.1) is 11.9 Å². The number of aromatic nitrogens is 6. The van der Waals surface area contributed by atoms with Gasteiger partial charge in [0.2, 0.25) is 5.89 Å². The molecule has 0 saturated heterocycles. The maximum atomic E-state index is 13.1. The van der Waals surface area contributed by atoms with Crippen LogP contribution in [0, 0.1) is 5.82 Å². The van der Waals surface area contributed by atoms with Crippen molar-refractivity contribution in [3.8, 4) is 17.1 Å². The third-order valence-corrected chi connectivity index (χ3v) is 4.48. The first kappa shape index (κ1) is 17.7. The van der Waals surface area contributed by atoms with Crippen LogP contribution in [0.2, 0.25) is 0 Å². The second-order valence-corrected chi connectivity index (χ2v) is 6.48. The summed E-state index contributed by atoms with van der Waals surface area (Å²) in [6.45, 7) is -0.116. The number of hydrogen-bond donors (Lipinski definition) is 1. The average molecular weight is 404 g/mol. The molecule has 0 fully saturated rings. The molecule has 9 nitrogen and oxygen atoms in total. The number of nitrogens with one attached hydrogen (secondary N) is 1. The molecule has 30 heavy (non-hydrogen) atoms. The summed E-state index contributed by atoms with van der Waals surface area (Å²) < 4.78 is 20.8. The zero-order valence-corrected chi connectivity index (χ0v) is 15.3. The number of benzene rings is 2. The van der Waals surface area contributed by atoms with Crippen molar-refractivity contribution in [2.45, 2.75) is 6.54 Å². The van der Waals surface area contributed by atoms with E-state index in [2.05, 4.69) is 20.2 Å². The van der Waals surface area contributed by atoms with Gasteiger partial charge in [0.15, 0.2) is 5.65 Å². The van der Waals surface area contributed by atoms with Crippen molar-refractivity contribution in [3.63, 3.8) is 0 Å². The third-order valence-electron chi connectivity index (χ3n) is 4.48. The first-order chi connectivity index (χ1) is 14.6. The molecule has 2 aromatic carbocycles. The Morgan fingerprint density at radius 2 is 1.80 bits per heavy atom. The minimum atomic E-state index is -0.728. The van der Waals surface area contributed by atoms with E-state index in [9.17, 15) is 14.0 Å². The van der Waals surface area contributed by atoms with Gasteiger partial charge in [0.1, 0.15) is 23.6 Å². The van der Waals surface area contributed by atoms with Crippen LogP contribution in [0.4, 0.5) is 4.39 Å². The molecule has 0 aliphatic carbocycles.